The fourth-order valence-corrected chi connectivity index (χ4v) is 4.79. The van der Waals surface area contributed by atoms with Gasteiger partial charge in [-0.05, 0) is 82.0 Å². The van der Waals surface area contributed by atoms with Crippen molar-refractivity contribution >= 4 is 11.8 Å². The lowest BCUT2D eigenvalue weighted by Gasteiger charge is -2.40. The van der Waals surface area contributed by atoms with Gasteiger partial charge in [0, 0.05) is 11.1 Å². The van der Waals surface area contributed by atoms with Gasteiger partial charge in [0.2, 0.25) is 0 Å². The Morgan fingerprint density at radius 2 is 0.700 bits per heavy atom. The Morgan fingerprint density at radius 3 is 0.900 bits per heavy atom. The number of hydrogen-bond donors (Lipinski definition) is 0. The van der Waals surface area contributed by atoms with Gasteiger partial charge in [-0.2, -0.15) is 0 Å². The molecule has 2 amide bonds. The van der Waals surface area contributed by atoms with E-state index in [-0.39, 0.29) is 33.5 Å². The molecule has 2 aromatic rings. The second-order valence-electron chi connectivity index (χ2n) is 15.9. The molecule has 0 saturated heterocycles. The van der Waals surface area contributed by atoms with Crippen molar-refractivity contribution in [2.75, 3.05) is 13.1 Å². The summed E-state index contributed by atoms with van der Waals surface area (Å²) in [6.07, 6.45) is 0. The van der Waals surface area contributed by atoms with Crippen LogP contribution in [-0.2, 0) is 21.7 Å². The molecule has 0 saturated carbocycles. The van der Waals surface area contributed by atoms with Crippen LogP contribution in [0.25, 0.3) is 0 Å². The van der Waals surface area contributed by atoms with E-state index in [1.807, 2.05) is 24.3 Å². The molecule has 0 spiro atoms. The minimum Gasteiger partial charge on any atom is -0.267 e. The standard InChI is InChI=1S/C36H52N2O2/c1-23-21-37(31(39)25-15-27(33(3,4)5)19-28(16-25)34(6,7)8)38(22-24(23)2)32(40)26-17-29(35(9,10)11)20-30(18-26)36(12,13)14/h15-20H,21-22H2,1-14H3. The third-order valence-corrected chi connectivity index (χ3v) is 8.09. The van der Waals surface area contributed by atoms with Crippen molar-refractivity contribution in [1.82, 2.24) is 10.0 Å². The summed E-state index contributed by atoms with van der Waals surface area (Å²) in [5.41, 5.74) is 7.52. The second-order valence-corrected chi connectivity index (χ2v) is 15.9. The molecule has 2 aromatic carbocycles. The zero-order valence-corrected chi connectivity index (χ0v) is 27.6. The van der Waals surface area contributed by atoms with E-state index < -0.39 is 0 Å². The molecule has 1 heterocycles. The third-order valence-electron chi connectivity index (χ3n) is 8.09. The van der Waals surface area contributed by atoms with Gasteiger partial charge in [-0.25, -0.2) is 10.0 Å². The van der Waals surface area contributed by atoms with Gasteiger partial charge in [-0.15, -0.1) is 0 Å². The Kier molecular flexibility index (Phi) is 8.31. The predicted molar refractivity (Wildman–Crippen MR) is 168 cm³/mol. The Balaban J connectivity index is 2.16. The summed E-state index contributed by atoms with van der Waals surface area (Å²) in [6.45, 7) is 31.0. The smallest absolute Gasteiger partial charge is 0.267 e. The molecule has 0 fully saturated rings. The highest BCUT2D eigenvalue weighted by Crippen LogP contribution is 2.34. The summed E-state index contributed by atoms with van der Waals surface area (Å²) in [5, 5.41) is 3.33. The maximum absolute atomic E-state index is 14.3. The van der Waals surface area contributed by atoms with Crippen LogP contribution in [0.2, 0.25) is 0 Å². The first-order valence-electron chi connectivity index (χ1n) is 14.6. The highest BCUT2D eigenvalue weighted by Gasteiger charge is 2.34. The van der Waals surface area contributed by atoms with Crippen LogP contribution < -0.4 is 0 Å². The van der Waals surface area contributed by atoms with Crippen molar-refractivity contribution in [1.29, 1.82) is 0 Å². The van der Waals surface area contributed by atoms with Crippen molar-refractivity contribution in [2.45, 2.75) is 119 Å². The van der Waals surface area contributed by atoms with Crippen LogP contribution in [0.3, 0.4) is 0 Å². The van der Waals surface area contributed by atoms with Crippen LogP contribution in [0.15, 0.2) is 47.5 Å². The van der Waals surface area contributed by atoms with E-state index in [9.17, 15) is 9.59 Å². The quantitative estimate of drug-likeness (QED) is 0.355. The summed E-state index contributed by atoms with van der Waals surface area (Å²) in [6, 6.07) is 12.5. The number of hydrogen-bond acceptors (Lipinski definition) is 2. The largest absolute Gasteiger partial charge is 0.272 e. The van der Waals surface area contributed by atoms with Crippen LogP contribution in [-0.4, -0.2) is 34.9 Å². The molecule has 0 aliphatic carbocycles. The molecule has 3 rings (SSSR count). The zero-order valence-electron chi connectivity index (χ0n) is 27.6. The molecule has 0 aromatic heterocycles. The monoisotopic (exact) mass is 544 g/mol. The first-order valence-corrected chi connectivity index (χ1v) is 14.6. The van der Waals surface area contributed by atoms with E-state index in [4.69, 9.17) is 0 Å². The SMILES string of the molecule is CC1=C(C)CN(C(=O)c2cc(C(C)(C)C)cc(C(C)(C)C)c2)N(C(=O)c2cc(C(C)(C)C)cc(C(C)(C)C)c2)C1. The molecular weight excluding hydrogens is 492 g/mol. The number of benzene rings is 2. The van der Waals surface area contributed by atoms with Gasteiger partial charge in [-0.3, -0.25) is 9.59 Å². The van der Waals surface area contributed by atoms with Crippen LogP contribution in [0, 0.1) is 0 Å². The van der Waals surface area contributed by atoms with Gasteiger partial charge >= 0.3 is 0 Å². The Hall–Kier alpha value is -2.88. The maximum atomic E-state index is 14.3. The minimum atomic E-state index is -0.139. The zero-order chi connectivity index (χ0) is 30.6. The summed E-state index contributed by atoms with van der Waals surface area (Å²) >= 11 is 0. The molecule has 1 aliphatic rings. The number of amides is 2. The number of rotatable bonds is 2. The van der Waals surface area contributed by atoms with Gasteiger partial charge in [0.15, 0.2) is 0 Å². The number of hydrazine groups is 1. The van der Waals surface area contributed by atoms with Crippen molar-refractivity contribution in [2.24, 2.45) is 0 Å². The molecule has 1 aliphatic heterocycles. The average molecular weight is 545 g/mol. The summed E-state index contributed by atoms with van der Waals surface area (Å²) < 4.78 is 0. The molecule has 0 radical (unpaired) electrons. The van der Waals surface area contributed by atoms with E-state index >= 15 is 0 Å². The highest BCUT2D eigenvalue weighted by atomic mass is 16.2. The molecule has 0 atom stereocenters. The molecule has 0 bridgehead atoms. The Morgan fingerprint density at radius 1 is 0.475 bits per heavy atom. The van der Waals surface area contributed by atoms with Gasteiger partial charge in [0.25, 0.3) is 11.8 Å². The Bertz CT molecular complexity index is 1170. The van der Waals surface area contributed by atoms with E-state index in [0.717, 1.165) is 33.4 Å². The number of carbonyl (C=O) groups is 2. The molecule has 0 N–H and O–H groups in total. The second kappa shape index (κ2) is 10.5. The summed E-state index contributed by atoms with van der Waals surface area (Å²) in [4.78, 5) is 28.6. The van der Waals surface area contributed by atoms with Crippen LogP contribution >= 0.6 is 0 Å². The lowest BCUT2D eigenvalue weighted by molar-refractivity contribution is -0.000104. The van der Waals surface area contributed by atoms with Crippen molar-refractivity contribution < 1.29 is 9.59 Å². The van der Waals surface area contributed by atoms with Gasteiger partial charge in [0.1, 0.15) is 0 Å². The lowest BCUT2D eigenvalue weighted by Crippen LogP contribution is -2.53. The van der Waals surface area contributed by atoms with Gasteiger partial charge in [0.05, 0.1) is 13.1 Å². The summed E-state index contributed by atoms with van der Waals surface area (Å²) in [7, 11) is 0. The molecule has 4 heteroatoms. The van der Waals surface area contributed by atoms with E-state index in [0.29, 0.717) is 24.2 Å². The molecule has 4 nitrogen and oxygen atoms in total. The molecule has 218 valence electrons. The van der Waals surface area contributed by atoms with Crippen LogP contribution in [0.5, 0.6) is 0 Å². The maximum Gasteiger partial charge on any atom is 0.272 e. The molecular formula is C36H52N2O2. The Labute approximate surface area is 243 Å². The number of nitrogens with zero attached hydrogens (tertiary/aromatic N) is 2. The summed E-state index contributed by atoms with van der Waals surface area (Å²) in [5.74, 6) is -0.278. The molecule has 40 heavy (non-hydrogen) atoms. The van der Waals surface area contributed by atoms with Crippen molar-refractivity contribution in [3.05, 3.63) is 80.9 Å². The van der Waals surface area contributed by atoms with E-state index in [1.54, 1.807) is 10.0 Å². The normalized spacial score (nSPS) is 15.6. The third kappa shape index (κ3) is 6.87. The minimum absolute atomic E-state index is 0.114. The fourth-order valence-electron chi connectivity index (χ4n) is 4.79. The van der Waals surface area contributed by atoms with Crippen molar-refractivity contribution in [3.63, 3.8) is 0 Å². The highest BCUT2D eigenvalue weighted by molar-refractivity contribution is 6.00. The van der Waals surface area contributed by atoms with Crippen LogP contribution in [0.4, 0.5) is 0 Å². The van der Waals surface area contributed by atoms with E-state index in [1.165, 1.54) is 0 Å². The van der Waals surface area contributed by atoms with Crippen LogP contribution in [0.1, 0.15) is 140 Å². The first-order chi connectivity index (χ1) is 18.0. The first kappa shape index (κ1) is 31.6. The lowest BCUT2D eigenvalue weighted by atomic mass is 9.79. The number of carbonyl (C=O) groups excluding carboxylic acids is 2. The molecule has 0 unspecified atom stereocenters. The van der Waals surface area contributed by atoms with Crippen molar-refractivity contribution in [3.8, 4) is 0 Å². The predicted octanol–water partition coefficient (Wildman–Crippen LogP) is 8.73. The average Bonchev–Trinajstić information content (AvgIpc) is 2.81. The van der Waals surface area contributed by atoms with Gasteiger partial charge in [-0.1, -0.05) is 106 Å². The fraction of sp³-hybridized carbons (Fsp3) is 0.556. The van der Waals surface area contributed by atoms with Gasteiger partial charge < -0.3 is 0 Å². The topological polar surface area (TPSA) is 40.6 Å². The van der Waals surface area contributed by atoms with E-state index in [2.05, 4.69) is 109 Å².